The third kappa shape index (κ3) is 6.57. The first kappa shape index (κ1) is 13.5. The SMILES string of the molecule is CC(=O)C(=C/C=C/C=C/[NH+](C)C)C(C)=O. The summed E-state index contributed by atoms with van der Waals surface area (Å²) >= 11 is 0. The lowest BCUT2D eigenvalue weighted by atomic mass is 10.1. The molecule has 0 saturated heterocycles. The molecule has 0 unspecified atom stereocenters. The quantitative estimate of drug-likeness (QED) is 0.305. The van der Waals surface area contributed by atoms with Crippen LogP contribution in [0.5, 0.6) is 0 Å². The number of ketones is 2. The predicted molar refractivity (Wildman–Crippen MR) is 60.5 cm³/mol. The molecule has 3 nitrogen and oxygen atoms in total. The number of hydrogen-bond donors (Lipinski definition) is 1. The van der Waals surface area contributed by atoms with E-state index in [9.17, 15) is 9.59 Å². The Labute approximate surface area is 90.8 Å². The van der Waals surface area contributed by atoms with Crippen molar-refractivity contribution in [2.45, 2.75) is 13.8 Å². The predicted octanol–water partition coefficient (Wildman–Crippen LogP) is 0.305. The first-order valence-electron chi connectivity index (χ1n) is 4.82. The second-order valence-electron chi connectivity index (χ2n) is 3.51. The van der Waals surface area contributed by atoms with Crippen LogP contribution in [0.15, 0.2) is 36.1 Å². The first-order chi connectivity index (χ1) is 6.95. The summed E-state index contributed by atoms with van der Waals surface area (Å²) in [5.74, 6) is -0.399. The van der Waals surface area contributed by atoms with Crippen molar-refractivity contribution in [2.75, 3.05) is 14.1 Å². The molecule has 0 atom stereocenters. The third-order valence-corrected chi connectivity index (χ3v) is 1.67. The number of quaternary nitrogens is 1. The maximum Gasteiger partial charge on any atom is 0.163 e. The number of Topliss-reactive ketones (excluding diaryl/α,β-unsaturated/α-hetero) is 2. The van der Waals surface area contributed by atoms with Crippen molar-refractivity contribution in [3.8, 4) is 0 Å². The molecule has 0 rings (SSSR count). The van der Waals surface area contributed by atoms with Crippen LogP contribution in [0.2, 0.25) is 0 Å². The molecule has 0 heterocycles. The number of hydrogen-bond acceptors (Lipinski definition) is 2. The van der Waals surface area contributed by atoms with E-state index >= 15 is 0 Å². The Morgan fingerprint density at radius 3 is 1.87 bits per heavy atom. The highest BCUT2D eigenvalue weighted by molar-refractivity contribution is 6.18. The van der Waals surface area contributed by atoms with Gasteiger partial charge in [0.25, 0.3) is 0 Å². The van der Waals surface area contributed by atoms with Crippen LogP contribution in [0.3, 0.4) is 0 Å². The molecule has 15 heavy (non-hydrogen) atoms. The van der Waals surface area contributed by atoms with Gasteiger partial charge in [-0.1, -0.05) is 12.2 Å². The van der Waals surface area contributed by atoms with Crippen molar-refractivity contribution in [1.29, 1.82) is 0 Å². The normalized spacial score (nSPS) is 11.3. The van der Waals surface area contributed by atoms with E-state index in [1.807, 2.05) is 26.4 Å². The van der Waals surface area contributed by atoms with Gasteiger partial charge in [0, 0.05) is 0 Å². The lowest BCUT2D eigenvalue weighted by molar-refractivity contribution is -0.801. The summed E-state index contributed by atoms with van der Waals surface area (Å²) in [6.45, 7) is 2.78. The second-order valence-corrected chi connectivity index (χ2v) is 3.51. The molecular formula is C12H18NO2+. The average molecular weight is 208 g/mol. The summed E-state index contributed by atoms with van der Waals surface area (Å²) < 4.78 is 0. The molecule has 0 aromatic carbocycles. The molecule has 0 bridgehead atoms. The molecule has 1 N–H and O–H groups in total. The Hall–Kier alpha value is -1.48. The minimum absolute atomic E-state index is 0.200. The smallest absolute Gasteiger partial charge is 0.163 e. The highest BCUT2D eigenvalue weighted by Gasteiger charge is 2.06. The highest BCUT2D eigenvalue weighted by Crippen LogP contribution is 1.98. The second kappa shape index (κ2) is 6.90. The van der Waals surface area contributed by atoms with Gasteiger partial charge in [-0.25, -0.2) is 0 Å². The Bertz CT molecular complexity index is 307. The summed E-state index contributed by atoms with van der Waals surface area (Å²) in [5.41, 5.74) is 0.233. The Morgan fingerprint density at radius 1 is 0.933 bits per heavy atom. The van der Waals surface area contributed by atoms with E-state index in [1.165, 1.54) is 18.7 Å². The van der Waals surface area contributed by atoms with Crippen molar-refractivity contribution in [3.63, 3.8) is 0 Å². The Balaban J connectivity index is 4.47. The van der Waals surface area contributed by atoms with E-state index in [4.69, 9.17) is 0 Å². The minimum atomic E-state index is -0.200. The molecule has 0 amide bonds. The van der Waals surface area contributed by atoms with Gasteiger partial charge in [0.05, 0.1) is 25.9 Å². The third-order valence-electron chi connectivity index (χ3n) is 1.67. The van der Waals surface area contributed by atoms with Crippen LogP contribution < -0.4 is 4.90 Å². The van der Waals surface area contributed by atoms with E-state index in [2.05, 4.69) is 0 Å². The lowest BCUT2D eigenvalue weighted by Crippen LogP contribution is -3.00. The van der Waals surface area contributed by atoms with Gasteiger partial charge < -0.3 is 4.90 Å². The fourth-order valence-corrected chi connectivity index (χ4v) is 0.947. The van der Waals surface area contributed by atoms with Crippen molar-refractivity contribution >= 4 is 11.6 Å². The van der Waals surface area contributed by atoms with Crippen molar-refractivity contribution in [3.05, 3.63) is 36.1 Å². The fraction of sp³-hybridized carbons (Fsp3) is 0.333. The molecule has 3 heteroatoms. The zero-order chi connectivity index (χ0) is 11.8. The summed E-state index contributed by atoms with van der Waals surface area (Å²) in [5, 5.41) is 0. The zero-order valence-electron chi connectivity index (χ0n) is 9.70. The Kier molecular flexibility index (Phi) is 6.22. The van der Waals surface area contributed by atoms with Crippen molar-refractivity contribution in [2.24, 2.45) is 0 Å². The molecule has 0 aliphatic carbocycles. The van der Waals surface area contributed by atoms with Crippen molar-refractivity contribution < 1.29 is 14.5 Å². The molecule has 0 aliphatic heterocycles. The maximum atomic E-state index is 11.0. The number of carbonyl (C=O) groups excluding carboxylic acids is 2. The van der Waals surface area contributed by atoms with E-state index in [0.717, 1.165) is 0 Å². The number of carbonyl (C=O) groups is 2. The monoisotopic (exact) mass is 208 g/mol. The van der Waals surface area contributed by atoms with E-state index in [-0.39, 0.29) is 17.1 Å². The molecule has 0 aromatic heterocycles. The van der Waals surface area contributed by atoms with Gasteiger partial charge in [-0.15, -0.1) is 0 Å². The van der Waals surface area contributed by atoms with Gasteiger partial charge in [-0.05, 0) is 26.0 Å². The lowest BCUT2D eigenvalue weighted by Gasteiger charge is -1.95. The molecule has 0 aliphatic rings. The maximum absolute atomic E-state index is 11.0. The summed E-state index contributed by atoms with van der Waals surface area (Å²) in [4.78, 5) is 23.2. The van der Waals surface area contributed by atoms with Crippen molar-refractivity contribution in [1.82, 2.24) is 0 Å². The van der Waals surface area contributed by atoms with Crippen LogP contribution in [-0.4, -0.2) is 25.7 Å². The largest absolute Gasteiger partial charge is 0.314 e. The average Bonchev–Trinajstić information content (AvgIpc) is 2.08. The topological polar surface area (TPSA) is 38.6 Å². The van der Waals surface area contributed by atoms with E-state index in [0.29, 0.717) is 0 Å². The van der Waals surface area contributed by atoms with Crippen LogP contribution in [0.25, 0.3) is 0 Å². The van der Waals surface area contributed by atoms with Gasteiger partial charge in [0.15, 0.2) is 11.6 Å². The highest BCUT2D eigenvalue weighted by atomic mass is 16.1. The van der Waals surface area contributed by atoms with Crippen LogP contribution in [0.1, 0.15) is 13.8 Å². The van der Waals surface area contributed by atoms with Gasteiger partial charge >= 0.3 is 0 Å². The minimum Gasteiger partial charge on any atom is -0.314 e. The molecule has 0 aromatic rings. The van der Waals surface area contributed by atoms with Gasteiger partial charge in [-0.3, -0.25) is 9.59 Å². The van der Waals surface area contributed by atoms with Crippen LogP contribution >= 0.6 is 0 Å². The van der Waals surface area contributed by atoms with Gasteiger partial charge in [0.2, 0.25) is 0 Å². The number of allylic oxidation sites excluding steroid dienone is 5. The van der Waals surface area contributed by atoms with Crippen LogP contribution in [-0.2, 0) is 9.59 Å². The molecule has 0 radical (unpaired) electrons. The molecule has 0 spiro atoms. The van der Waals surface area contributed by atoms with Gasteiger partial charge in [-0.2, -0.15) is 0 Å². The molecule has 82 valence electrons. The van der Waals surface area contributed by atoms with E-state index < -0.39 is 0 Å². The van der Waals surface area contributed by atoms with E-state index in [1.54, 1.807) is 18.2 Å². The molecule has 0 fully saturated rings. The standard InChI is InChI=1S/C12H17NO2/c1-10(14)12(11(2)15)8-6-5-7-9-13(3)4/h5-9H,1-4H3/p+1/b6-5+,9-7+. The van der Waals surface area contributed by atoms with Crippen LogP contribution in [0, 0.1) is 0 Å². The molecule has 0 saturated carbocycles. The zero-order valence-corrected chi connectivity index (χ0v) is 9.70. The van der Waals surface area contributed by atoms with Crippen LogP contribution in [0.4, 0.5) is 0 Å². The summed E-state index contributed by atoms with van der Waals surface area (Å²) in [7, 11) is 3.99. The molecular weight excluding hydrogens is 190 g/mol. The Morgan fingerprint density at radius 2 is 1.47 bits per heavy atom. The number of nitrogens with one attached hydrogen (secondary N) is 1. The van der Waals surface area contributed by atoms with Gasteiger partial charge in [0.1, 0.15) is 0 Å². The summed E-state index contributed by atoms with van der Waals surface area (Å²) in [6.07, 6.45) is 8.84. The summed E-state index contributed by atoms with van der Waals surface area (Å²) in [6, 6.07) is 0. The number of rotatable bonds is 5. The first-order valence-corrected chi connectivity index (χ1v) is 4.82. The fourth-order valence-electron chi connectivity index (χ4n) is 0.947.